The molecule has 0 bridgehead atoms. The van der Waals surface area contributed by atoms with Gasteiger partial charge in [0.1, 0.15) is 0 Å². The average molecular weight is 268 g/mol. The molecule has 19 heavy (non-hydrogen) atoms. The van der Waals surface area contributed by atoms with Crippen molar-refractivity contribution in [1.29, 1.82) is 0 Å². The first-order valence-corrected chi connectivity index (χ1v) is 7.39. The van der Waals surface area contributed by atoms with Crippen molar-refractivity contribution in [1.82, 2.24) is 5.01 Å². The monoisotopic (exact) mass is 268 g/mol. The molecular formula is C14H24N2O3. The summed E-state index contributed by atoms with van der Waals surface area (Å²) >= 11 is 0. The van der Waals surface area contributed by atoms with Crippen molar-refractivity contribution >= 4 is 6.21 Å². The van der Waals surface area contributed by atoms with Crippen molar-refractivity contribution in [3.05, 3.63) is 0 Å². The Kier molecular flexibility index (Phi) is 4.05. The van der Waals surface area contributed by atoms with E-state index in [-0.39, 0.29) is 5.79 Å². The van der Waals surface area contributed by atoms with Gasteiger partial charge >= 0.3 is 0 Å². The third kappa shape index (κ3) is 2.93. The average Bonchev–Trinajstić information content (AvgIpc) is 3.12. The molecule has 2 aliphatic heterocycles. The summed E-state index contributed by atoms with van der Waals surface area (Å²) in [5, 5.41) is 6.86. The van der Waals surface area contributed by atoms with E-state index in [2.05, 4.69) is 16.3 Å². The van der Waals surface area contributed by atoms with Gasteiger partial charge < -0.3 is 14.2 Å². The van der Waals surface area contributed by atoms with E-state index in [1.54, 1.807) is 7.11 Å². The molecule has 1 spiro atoms. The fraction of sp³-hybridized carbons (Fsp3) is 0.929. The first kappa shape index (κ1) is 13.3. The fourth-order valence-corrected chi connectivity index (χ4v) is 3.41. The van der Waals surface area contributed by atoms with Crippen LogP contribution in [-0.4, -0.2) is 56.5 Å². The lowest BCUT2D eigenvalue weighted by molar-refractivity contribution is -0.151. The van der Waals surface area contributed by atoms with Crippen LogP contribution in [-0.2, 0) is 14.2 Å². The van der Waals surface area contributed by atoms with Crippen molar-refractivity contribution in [2.24, 2.45) is 11.0 Å². The van der Waals surface area contributed by atoms with Crippen molar-refractivity contribution in [2.75, 3.05) is 33.5 Å². The van der Waals surface area contributed by atoms with Gasteiger partial charge in [0.05, 0.1) is 25.9 Å². The van der Waals surface area contributed by atoms with Gasteiger partial charge in [0.15, 0.2) is 5.79 Å². The first-order chi connectivity index (χ1) is 9.31. The molecule has 3 fully saturated rings. The van der Waals surface area contributed by atoms with Crippen LogP contribution in [0.2, 0.25) is 0 Å². The summed E-state index contributed by atoms with van der Waals surface area (Å²) in [7, 11) is 1.76. The molecule has 5 heteroatoms. The van der Waals surface area contributed by atoms with Crippen LogP contribution in [0.25, 0.3) is 0 Å². The van der Waals surface area contributed by atoms with E-state index in [4.69, 9.17) is 14.2 Å². The molecule has 3 rings (SSSR count). The number of rotatable bonds is 4. The lowest BCUT2D eigenvalue weighted by atomic mass is 10.1. The van der Waals surface area contributed by atoms with E-state index in [1.807, 2.05) is 0 Å². The third-order valence-corrected chi connectivity index (χ3v) is 4.41. The van der Waals surface area contributed by atoms with Crippen molar-refractivity contribution in [3.63, 3.8) is 0 Å². The standard InChI is InChI=1S/C14H24N2O3/c1-17-11-13-3-2-6-16(13)15-10-12-4-5-14(9-12)18-7-8-19-14/h10,12-13H,2-9,11H2,1H3/b15-10+/t12-,13+/m1/s1. The Hall–Kier alpha value is -0.650. The van der Waals surface area contributed by atoms with Gasteiger partial charge in [-0.25, -0.2) is 0 Å². The summed E-state index contributed by atoms with van der Waals surface area (Å²) in [6, 6.07) is 0.454. The molecule has 0 aromatic rings. The van der Waals surface area contributed by atoms with E-state index in [1.165, 1.54) is 12.8 Å². The third-order valence-electron chi connectivity index (χ3n) is 4.41. The van der Waals surface area contributed by atoms with Gasteiger partial charge in [-0.3, -0.25) is 5.01 Å². The predicted molar refractivity (Wildman–Crippen MR) is 72.1 cm³/mol. The Morgan fingerprint density at radius 2 is 2.21 bits per heavy atom. The minimum absolute atomic E-state index is 0.284. The quantitative estimate of drug-likeness (QED) is 0.727. The molecule has 2 saturated heterocycles. The largest absolute Gasteiger partial charge is 0.382 e. The number of ether oxygens (including phenoxy) is 3. The van der Waals surface area contributed by atoms with Crippen molar-refractivity contribution in [2.45, 2.75) is 43.9 Å². The Morgan fingerprint density at radius 1 is 1.37 bits per heavy atom. The normalized spacial score (nSPS) is 34.1. The molecule has 2 atom stereocenters. The number of hydrogen-bond acceptors (Lipinski definition) is 5. The Balaban J connectivity index is 1.52. The summed E-state index contributed by atoms with van der Waals surface area (Å²) < 4.78 is 16.7. The Bertz CT molecular complexity index is 329. The summed E-state index contributed by atoms with van der Waals surface area (Å²) in [4.78, 5) is 0. The van der Waals surface area contributed by atoms with Crippen molar-refractivity contribution in [3.8, 4) is 0 Å². The second-order valence-electron chi connectivity index (χ2n) is 5.79. The maximum atomic E-state index is 5.75. The highest BCUT2D eigenvalue weighted by Gasteiger charge is 2.43. The molecule has 0 aromatic heterocycles. The lowest BCUT2D eigenvalue weighted by Crippen LogP contribution is -2.29. The SMILES string of the molecule is COC[C@@H]1CCCN1/N=C/[C@@H]1CCC2(C1)OCCO2. The highest BCUT2D eigenvalue weighted by atomic mass is 16.7. The fourth-order valence-electron chi connectivity index (χ4n) is 3.41. The number of hydrogen-bond donors (Lipinski definition) is 0. The van der Waals surface area contributed by atoms with E-state index in [0.29, 0.717) is 12.0 Å². The molecule has 1 aliphatic carbocycles. The van der Waals surface area contributed by atoms with Gasteiger partial charge in [-0.05, 0) is 19.3 Å². The number of nitrogens with zero attached hydrogens (tertiary/aromatic N) is 2. The topological polar surface area (TPSA) is 43.3 Å². The van der Waals surface area contributed by atoms with E-state index >= 15 is 0 Å². The molecule has 0 aromatic carbocycles. The van der Waals surface area contributed by atoms with Gasteiger partial charge in [0.25, 0.3) is 0 Å². The minimum Gasteiger partial charge on any atom is -0.382 e. The molecule has 2 heterocycles. The van der Waals surface area contributed by atoms with Gasteiger partial charge in [0.2, 0.25) is 0 Å². The molecule has 0 unspecified atom stereocenters. The summed E-state index contributed by atoms with van der Waals surface area (Å²) in [6.45, 7) is 3.31. The van der Waals surface area contributed by atoms with Crippen LogP contribution in [0, 0.1) is 5.92 Å². The molecule has 0 N–H and O–H groups in total. The van der Waals surface area contributed by atoms with Crippen LogP contribution in [0.5, 0.6) is 0 Å². The Morgan fingerprint density at radius 3 is 3.00 bits per heavy atom. The molecule has 1 saturated carbocycles. The van der Waals surface area contributed by atoms with Crippen LogP contribution >= 0.6 is 0 Å². The second-order valence-corrected chi connectivity index (χ2v) is 5.79. The van der Waals surface area contributed by atoms with Crippen LogP contribution in [0.3, 0.4) is 0 Å². The molecule has 0 amide bonds. The predicted octanol–water partition coefficient (Wildman–Crippen LogP) is 1.63. The zero-order chi connectivity index (χ0) is 13.1. The summed E-state index contributed by atoms with van der Waals surface area (Å²) in [5.74, 6) is 0.204. The number of hydrazone groups is 1. The second kappa shape index (κ2) is 5.77. The minimum atomic E-state index is -0.284. The van der Waals surface area contributed by atoms with E-state index in [9.17, 15) is 0 Å². The van der Waals surface area contributed by atoms with E-state index in [0.717, 1.165) is 45.6 Å². The van der Waals surface area contributed by atoms with Crippen LogP contribution in [0.1, 0.15) is 32.1 Å². The zero-order valence-electron chi connectivity index (χ0n) is 11.7. The van der Waals surface area contributed by atoms with Crippen LogP contribution < -0.4 is 0 Å². The highest BCUT2D eigenvalue weighted by Crippen LogP contribution is 2.40. The molecule has 5 nitrogen and oxygen atoms in total. The molecule has 3 aliphatic rings. The first-order valence-electron chi connectivity index (χ1n) is 7.39. The smallest absolute Gasteiger partial charge is 0.169 e. The molecule has 0 radical (unpaired) electrons. The van der Waals surface area contributed by atoms with E-state index < -0.39 is 0 Å². The van der Waals surface area contributed by atoms with Crippen LogP contribution in [0.15, 0.2) is 5.10 Å². The van der Waals surface area contributed by atoms with Gasteiger partial charge in [0, 0.05) is 38.6 Å². The Labute approximate surface area is 114 Å². The molecule has 108 valence electrons. The summed E-state index contributed by atoms with van der Waals surface area (Å²) in [5.41, 5.74) is 0. The summed E-state index contributed by atoms with van der Waals surface area (Å²) in [6.07, 6.45) is 7.59. The maximum absolute atomic E-state index is 5.75. The van der Waals surface area contributed by atoms with Crippen LogP contribution in [0.4, 0.5) is 0 Å². The molecular weight excluding hydrogens is 244 g/mol. The van der Waals surface area contributed by atoms with Gasteiger partial charge in [-0.15, -0.1) is 0 Å². The number of methoxy groups -OCH3 is 1. The zero-order valence-corrected chi connectivity index (χ0v) is 11.7. The lowest BCUT2D eigenvalue weighted by Gasteiger charge is -2.22. The highest BCUT2D eigenvalue weighted by molar-refractivity contribution is 5.61. The maximum Gasteiger partial charge on any atom is 0.169 e. The van der Waals surface area contributed by atoms with Crippen molar-refractivity contribution < 1.29 is 14.2 Å². The van der Waals surface area contributed by atoms with Gasteiger partial charge in [-0.1, -0.05) is 0 Å². The van der Waals surface area contributed by atoms with Gasteiger partial charge in [-0.2, -0.15) is 5.10 Å².